The van der Waals surface area contributed by atoms with Crippen molar-refractivity contribution in [3.8, 4) is 5.75 Å². The molecule has 1 aliphatic heterocycles. The van der Waals surface area contributed by atoms with Crippen molar-refractivity contribution in [3.63, 3.8) is 0 Å². The third-order valence-corrected chi connectivity index (χ3v) is 5.98. The van der Waals surface area contributed by atoms with Crippen molar-refractivity contribution < 1.29 is 24.1 Å². The van der Waals surface area contributed by atoms with E-state index in [9.17, 15) is 19.4 Å². The Kier molecular flexibility index (Phi) is 6.03. The fraction of sp³-hybridized carbons (Fsp3) is 0.650. The van der Waals surface area contributed by atoms with E-state index in [4.69, 9.17) is 4.74 Å². The maximum absolute atomic E-state index is 14.1. The molecular weight excluding hydrogens is 351 g/mol. The largest absolute Gasteiger partial charge is 0.497 e. The first-order valence-corrected chi connectivity index (χ1v) is 9.57. The summed E-state index contributed by atoms with van der Waals surface area (Å²) in [6.45, 7) is 1.44. The zero-order valence-electron chi connectivity index (χ0n) is 15.8. The monoisotopic (exact) mass is 380 g/mol. The zero-order valence-corrected chi connectivity index (χ0v) is 15.8. The number of methoxy groups -OCH3 is 1. The first kappa shape index (κ1) is 20.0. The lowest BCUT2D eigenvalue weighted by Crippen LogP contribution is -2.58. The lowest BCUT2D eigenvalue weighted by atomic mass is 9.69. The van der Waals surface area contributed by atoms with Gasteiger partial charge in [-0.3, -0.25) is 4.79 Å². The molecule has 1 saturated carbocycles. The SMILES string of the molecule is COc1ccc(F)c(CN2CCCC(O)(CNCC3(CO)CCC3)C2=O)c1. The van der Waals surface area contributed by atoms with Crippen molar-refractivity contribution in [1.29, 1.82) is 0 Å². The van der Waals surface area contributed by atoms with Crippen LogP contribution in [0.15, 0.2) is 18.2 Å². The smallest absolute Gasteiger partial charge is 0.256 e. The third-order valence-electron chi connectivity index (χ3n) is 5.98. The van der Waals surface area contributed by atoms with Gasteiger partial charge in [-0.15, -0.1) is 0 Å². The van der Waals surface area contributed by atoms with Crippen molar-refractivity contribution in [1.82, 2.24) is 10.2 Å². The maximum Gasteiger partial charge on any atom is 0.256 e. The molecule has 1 aliphatic carbocycles. The fourth-order valence-electron chi connectivity index (χ4n) is 3.99. The van der Waals surface area contributed by atoms with Gasteiger partial charge in [-0.25, -0.2) is 4.39 Å². The normalized spacial score (nSPS) is 24.6. The Morgan fingerprint density at radius 1 is 1.26 bits per heavy atom. The predicted octanol–water partition coefficient (Wildman–Crippen LogP) is 1.44. The highest BCUT2D eigenvalue weighted by molar-refractivity contribution is 5.86. The second kappa shape index (κ2) is 8.12. The lowest BCUT2D eigenvalue weighted by Gasteiger charge is -2.42. The molecule has 0 bridgehead atoms. The van der Waals surface area contributed by atoms with Gasteiger partial charge in [-0.05, 0) is 43.9 Å². The first-order chi connectivity index (χ1) is 12.9. The minimum absolute atomic E-state index is 0.102. The molecule has 1 aromatic rings. The van der Waals surface area contributed by atoms with Gasteiger partial charge >= 0.3 is 0 Å². The molecule has 0 radical (unpaired) electrons. The standard InChI is InChI=1S/C20H29FN2O4/c1-27-16-4-5-17(21)15(10-16)11-23-9-3-8-20(26,18(23)25)13-22-12-19(14-24)6-2-7-19/h4-5,10,22,24,26H,2-3,6-9,11-14H2,1H3. The molecule has 3 N–H and O–H groups in total. The Bertz CT molecular complexity index is 674. The van der Waals surface area contributed by atoms with Crippen LogP contribution in [0.3, 0.4) is 0 Å². The van der Waals surface area contributed by atoms with Gasteiger partial charge in [-0.2, -0.15) is 0 Å². The molecule has 27 heavy (non-hydrogen) atoms. The summed E-state index contributed by atoms with van der Waals surface area (Å²) in [5.74, 6) is -0.247. The fourth-order valence-corrected chi connectivity index (χ4v) is 3.99. The van der Waals surface area contributed by atoms with Crippen LogP contribution < -0.4 is 10.1 Å². The van der Waals surface area contributed by atoms with Crippen molar-refractivity contribution in [2.45, 2.75) is 44.2 Å². The number of hydrogen-bond acceptors (Lipinski definition) is 5. The van der Waals surface area contributed by atoms with Crippen molar-refractivity contribution >= 4 is 5.91 Å². The van der Waals surface area contributed by atoms with E-state index in [1.807, 2.05) is 0 Å². The van der Waals surface area contributed by atoms with Gasteiger partial charge in [0.05, 0.1) is 7.11 Å². The molecule has 150 valence electrons. The van der Waals surface area contributed by atoms with Crippen LogP contribution >= 0.6 is 0 Å². The zero-order chi connectivity index (χ0) is 19.5. The molecule has 7 heteroatoms. The number of benzene rings is 1. The van der Waals surface area contributed by atoms with Gasteiger partial charge in [0.15, 0.2) is 5.60 Å². The van der Waals surface area contributed by atoms with E-state index in [1.165, 1.54) is 24.1 Å². The lowest BCUT2D eigenvalue weighted by molar-refractivity contribution is -0.157. The van der Waals surface area contributed by atoms with Crippen LogP contribution in [0.1, 0.15) is 37.7 Å². The van der Waals surface area contributed by atoms with Gasteiger partial charge < -0.3 is 25.2 Å². The average Bonchev–Trinajstić information content (AvgIpc) is 2.63. The number of aliphatic hydroxyl groups is 2. The Hall–Kier alpha value is -1.70. The molecule has 1 unspecified atom stereocenters. The van der Waals surface area contributed by atoms with Gasteiger partial charge in [0.25, 0.3) is 5.91 Å². The Morgan fingerprint density at radius 3 is 2.67 bits per heavy atom. The van der Waals surface area contributed by atoms with Gasteiger partial charge in [-0.1, -0.05) is 6.42 Å². The van der Waals surface area contributed by atoms with Crippen molar-refractivity contribution in [2.24, 2.45) is 5.41 Å². The molecule has 1 atom stereocenters. The number of nitrogens with one attached hydrogen (secondary N) is 1. The summed E-state index contributed by atoms with van der Waals surface area (Å²) < 4.78 is 19.2. The van der Waals surface area contributed by atoms with E-state index in [0.29, 0.717) is 37.2 Å². The highest BCUT2D eigenvalue weighted by Gasteiger charge is 2.43. The highest BCUT2D eigenvalue weighted by Crippen LogP contribution is 2.39. The predicted molar refractivity (Wildman–Crippen MR) is 98.8 cm³/mol. The number of hydrogen-bond donors (Lipinski definition) is 3. The number of carbonyl (C=O) groups is 1. The van der Waals surface area contributed by atoms with E-state index in [0.717, 1.165) is 19.3 Å². The van der Waals surface area contributed by atoms with Crippen LogP contribution in [0.4, 0.5) is 4.39 Å². The Morgan fingerprint density at radius 2 is 2.04 bits per heavy atom. The summed E-state index contributed by atoms with van der Waals surface area (Å²) in [7, 11) is 1.51. The molecule has 0 spiro atoms. The molecule has 1 heterocycles. The van der Waals surface area contributed by atoms with E-state index >= 15 is 0 Å². The van der Waals surface area contributed by atoms with Crippen molar-refractivity contribution in [2.75, 3.05) is 33.4 Å². The number of aliphatic hydroxyl groups excluding tert-OH is 1. The summed E-state index contributed by atoms with van der Waals surface area (Å²) in [4.78, 5) is 14.4. The van der Waals surface area contributed by atoms with Crippen LogP contribution in [0.2, 0.25) is 0 Å². The maximum atomic E-state index is 14.1. The summed E-state index contributed by atoms with van der Waals surface area (Å²) in [5.41, 5.74) is -1.24. The third kappa shape index (κ3) is 4.25. The number of piperidine rings is 1. The van der Waals surface area contributed by atoms with Crippen LogP contribution in [-0.2, 0) is 11.3 Å². The molecular formula is C20H29FN2O4. The van der Waals surface area contributed by atoms with Gasteiger partial charge in [0, 0.05) is 43.8 Å². The second-order valence-corrected chi connectivity index (χ2v) is 7.93. The molecule has 1 saturated heterocycles. The topological polar surface area (TPSA) is 82.0 Å². The molecule has 1 aromatic carbocycles. The molecule has 2 fully saturated rings. The van der Waals surface area contributed by atoms with Gasteiger partial charge in [0.2, 0.25) is 0 Å². The van der Waals surface area contributed by atoms with Crippen LogP contribution in [0.5, 0.6) is 5.75 Å². The Balaban J connectivity index is 1.62. The number of ether oxygens (including phenoxy) is 1. The molecule has 0 aromatic heterocycles. The van der Waals surface area contributed by atoms with Crippen LogP contribution in [0, 0.1) is 11.2 Å². The Labute approximate surface area is 159 Å². The molecule has 1 amide bonds. The summed E-state index contributed by atoms with van der Waals surface area (Å²) >= 11 is 0. The molecule has 3 rings (SSSR count). The van der Waals surface area contributed by atoms with E-state index in [2.05, 4.69) is 5.32 Å². The summed E-state index contributed by atoms with van der Waals surface area (Å²) in [5, 5.41) is 23.6. The number of halogens is 1. The minimum Gasteiger partial charge on any atom is -0.497 e. The number of nitrogens with zero attached hydrogens (tertiary/aromatic N) is 1. The van der Waals surface area contributed by atoms with Crippen LogP contribution in [-0.4, -0.2) is 60.0 Å². The molecule has 2 aliphatic rings. The highest BCUT2D eigenvalue weighted by atomic mass is 19.1. The number of rotatable bonds is 8. The van der Waals surface area contributed by atoms with Gasteiger partial charge in [0.1, 0.15) is 11.6 Å². The van der Waals surface area contributed by atoms with Crippen LogP contribution in [0.25, 0.3) is 0 Å². The quantitative estimate of drug-likeness (QED) is 0.636. The number of likely N-dealkylation sites (tertiary alicyclic amines) is 1. The minimum atomic E-state index is -1.49. The number of amides is 1. The second-order valence-electron chi connectivity index (χ2n) is 7.93. The molecule has 6 nitrogen and oxygen atoms in total. The summed E-state index contributed by atoms with van der Waals surface area (Å²) in [6, 6.07) is 4.44. The number of carbonyl (C=O) groups excluding carboxylic acids is 1. The average molecular weight is 380 g/mol. The van der Waals surface area contributed by atoms with E-state index < -0.39 is 11.4 Å². The van der Waals surface area contributed by atoms with E-state index in [1.54, 1.807) is 6.07 Å². The summed E-state index contributed by atoms with van der Waals surface area (Å²) in [6.07, 6.45) is 4.06. The van der Waals surface area contributed by atoms with E-state index in [-0.39, 0.29) is 31.0 Å². The first-order valence-electron chi connectivity index (χ1n) is 9.57. The van der Waals surface area contributed by atoms with Crippen molar-refractivity contribution in [3.05, 3.63) is 29.6 Å².